The van der Waals surface area contributed by atoms with Crippen LogP contribution in [0.4, 0.5) is 0 Å². The van der Waals surface area contributed by atoms with Gasteiger partial charge >= 0.3 is 0 Å². The van der Waals surface area contributed by atoms with Crippen LogP contribution in [0.25, 0.3) is 10.9 Å². The first kappa shape index (κ1) is 8.00. The number of aromatic nitrogens is 2. The number of H-pyrrole nitrogens is 1. The average Bonchev–Trinajstić information content (AvgIpc) is 2.57. The lowest BCUT2D eigenvalue weighted by molar-refractivity contribution is 0.139. The number of nitrogens with one attached hydrogen (secondary N) is 1. The monoisotopic (exact) mass is 188 g/mol. The lowest BCUT2D eigenvalue weighted by Gasteiger charge is -2.09. The van der Waals surface area contributed by atoms with Gasteiger partial charge in [-0.05, 0) is 18.1 Å². The molecule has 0 radical (unpaired) electrons. The van der Waals surface area contributed by atoms with Crippen molar-refractivity contribution in [2.45, 2.75) is 12.8 Å². The Kier molecular flexibility index (Phi) is 1.77. The van der Waals surface area contributed by atoms with Crippen LogP contribution in [0.2, 0.25) is 0 Å². The van der Waals surface area contributed by atoms with E-state index < -0.39 is 0 Å². The van der Waals surface area contributed by atoms with E-state index in [1.165, 1.54) is 10.9 Å². The van der Waals surface area contributed by atoms with Crippen LogP contribution in [0.1, 0.15) is 11.3 Å². The zero-order chi connectivity index (χ0) is 9.38. The van der Waals surface area contributed by atoms with Crippen molar-refractivity contribution < 1.29 is 4.74 Å². The maximum Gasteiger partial charge on any atom is 0.0726 e. The van der Waals surface area contributed by atoms with Crippen LogP contribution >= 0.6 is 0 Å². The van der Waals surface area contributed by atoms with Crippen molar-refractivity contribution in [1.82, 2.24) is 10.2 Å². The summed E-state index contributed by atoms with van der Waals surface area (Å²) in [5, 5.41) is 8.71. The maximum absolute atomic E-state index is 5.48. The van der Waals surface area contributed by atoms with Gasteiger partial charge in [-0.25, -0.2) is 0 Å². The van der Waals surface area contributed by atoms with E-state index in [9.17, 15) is 0 Å². The molecule has 0 saturated heterocycles. The first-order chi connectivity index (χ1) is 6.95. The van der Waals surface area contributed by atoms with Gasteiger partial charge < -0.3 is 4.74 Å². The summed E-state index contributed by atoms with van der Waals surface area (Å²) in [5.74, 6) is 0. The summed E-state index contributed by atoms with van der Waals surface area (Å²) in [6.07, 6.45) is 1.90. The van der Waals surface area contributed by atoms with Crippen LogP contribution in [0, 0.1) is 0 Å². The van der Waals surface area contributed by atoms with Crippen LogP contribution in [0.5, 0.6) is 0 Å². The van der Waals surface area contributed by atoms with Crippen molar-refractivity contribution in [3.63, 3.8) is 0 Å². The van der Waals surface area contributed by atoms with Crippen molar-refractivity contribution in [1.29, 1.82) is 0 Å². The Morgan fingerprint density at radius 3 is 3.14 bits per heavy atom. The number of benzene rings is 1. The Bertz CT molecular complexity index is 461. The Morgan fingerprint density at radius 1 is 1.21 bits per heavy atom. The molecule has 72 valence electrons. The van der Waals surface area contributed by atoms with Crippen molar-refractivity contribution in [3.8, 4) is 0 Å². The Hall–Kier alpha value is -1.35. The Morgan fingerprint density at radius 2 is 2.14 bits per heavy atom. The zero-order valence-corrected chi connectivity index (χ0v) is 7.92. The zero-order valence-electron chi connectivity index (χ0n) is 7.92. The van der Waals surface area contributed by atoms with Gasteiger partial charge in [0.25, 0.3) is 0 Å². The molecule has 2 aromatic rings. The van der Waals surface area contributed by atoms with Crippen molar-refractivity contribution in [2.75, 3.05) is 13.2 Å². The topological polar surface area (TPSA) is 37.9 Å². The maximum atomic E-state index is 5.48. The van der Waals surface area contributed by atoms with Crippen LogP contribution in [0.3, 0.4) is 0 Å². The number of nitrogens with zero attached hydrogens (tertiary/aromatic N) is 1. The molecule has 0 bridgehead atoms. The Labute approximate surface area is 82.1 Å². The summed E-state index contributed by atoms with van der Waals surface area (Å²) in [6, 6.07) is 6.31. The highest BCUT2D eigenvalue weighted by Crippen LogP contribution is 2.22. The molecule has 1 aromatic carbocycles. The molecular weight excluding hydrogens is 176 g/mol. The lowest BCUT2D eigenvalue weighted by atomic mass is 10.0. The van der Waals surface area contributed by atoms with E-state index in [0.29, 0.717) is 0 Å². The van der Waals surface area contributed by atoms with E-state index in [-0.39, 0.29) is 0 Å². The molecular formula is C11H12N2O. The largest absolute Gasteiger partial charge is 0.381 e. The van der Waals surface area contributed by atoms with Crippen LogP contribution in [-0.4, -0.2) is 23.4 Å². The van der Waals surface area contributed by atoms with E-state index in [0.717, 1.165) is 37.3 Å². The summed E-state index contributed by atoms with van der Waals surface area (Å²) in [6.45, 7) is 1.61. The van der Waals surface area contributed by atoms with Gasteiger partial charge in [0.15, 0.2) is 0 Å². The van der Waals surface area contributed by atoms with Gasteiger partial charge in [-0.3, -0.25) is 5.10 Å². The van der Waals surface area contributed by atoms with Crippen molar-refractivity contribution in [3.05, 3.63) is 29.5 Å². The number of aromatic amines is 1. The van der Waals surface area contributed by atoms with Crippen molar-refractivity contribution >= 4 is 10.9 Å². The summed E-state index contributed by atoms with van der Waals surface area (Å²) in [7, 11) is 0. The molecule has 0 fully saturated rings. The first-order valence-electron chi connectivity index (χ1n) is 4.98. The van der Waals surface area contributed by atoms with E-state index in [2.05, 4.69) is 28.4 Å². The minimum atomic E-state index is 0.786. The van der Waals surface area contributed by atoms with E-state index in [4.69, 9.17) is 4.74 Å². The van der Waals surface area contributed by atoms with Crippen LogP contribution in [0.15, 0.2) is 18.2 Å². The van der Waals surface area contributed by atoms with Gasteiger partial charge in [0.05, 0.1) is 24.4 Å². The third kappa shape index (κ3) is 1.13. The van der Waals surface area contributed by atoms with Crippen molar-refractivity contribution in [2.24, 2.45) is 0 Å². The molecule has 1 N–H and O–H groups in total. The molecule has 0 aliphatic carbocycles. The summed E-state index contributed by atoms with van der Waals surface area (Å²) < 4.78 is 5.48. The second kappa shape index (κ2) is 3.10. The molecule has 3 rings (SSSR count). The molecule has 0 atom stereocenters. The Balaban J connectivity index is 2.28. The third-order valence-corrected chi connectivity index (χ3v) is 2.75. The predicted molar refractivity (Wildman–Crippen MR) is 54.3 cm³/mol. The molecule has 0 amide bonds. The fourth-order valence-corrected chi connectivity index (χ4v) is 2.06. The highest BCUT2D eigenvalue weighted by Gasteiger charge is 2.12. The van der Waals surface area contributed by atoms with Gasteiger partial charge in [-0.2, -0.15) is 5.10 Å². The lowest BCUT2D eigenvalue weighted by Crippen LogP contribution is -2.07. The number of rotatable bonds is 0. The van der Waals surface area contributed by atoms with Gasteiger partial charge in [0.1, 0.15) is 0 Å². The molecule has 2 heterocycles. The van der Waals surface area contributed by atoms with Gasteiger partial charge in [-0.1, -0.05) is 12.1 Å². The van der Waals surface area contributed by atoms with Crippen LogP contribution < -0.4 is 0 Å². The predicted octanol–water partition coefficient (Wildman–Crippen LogP) is 1.68. The highest BCUT2D eigenvalue weighted by molar-refractivity contribution is 5.85. The second-order valence-electron chi connectivity index (χ2n) is 3.62. The summed E-state index contributed by atoms with van der Waals surface area (Å²) in [5.41, 5.74) is 3.65. The fourth-order valence-electron chi connectivity index (χ4n) is 2.06. The fraction of sp³-hybridized carbons (Fsp3) is 0.364. The molecule has 3 heteroatoms. The van der Waals surface area contributed by atoms with E-state index in [1.807, 2.05) is 0 Å². The number of ether oxygens (including phenoxy) is 1. The molecule has 0 spiro atoms. The average molecular weight is 188 g/mol. The van der Waals surface area contributed by atoms with E-state index in [1.54, 1.807) is 0 Å². The minimum Gasteiger partial charge on any atom is -0.381 e. The molecule has 14 heavy (non-hydrogen) atoms. The molecule has 0 unspecified atom stereocenters. The number of hydrogen-bond donors (Lipinski definition) is 1. The molecule has 1 aliphatic heterocycles. The minimum absolute atomic E-state index is 0.786. The van der Waals surface area contributed by atoms with E-state index >= 15 is 0 Å². The SMILES string of the molecule is c1cc2c3c(n[nH]c3c1)CCOCC2. The third-order valence-electron chi connectivity index (χ3n) is 2.75. The molecule has 0 saturated carbocycles. The normalized spacial score (nSPS) is 16.6. The van der Waals surface area contributed by atoms with Crippen LogP contribution in [-0.2, 0) is 17.6 Å². The molecule has 3 nitrogen and oxygen atoms in total. The standard InChI is InChI=1S/C11H12N2O/c1-2-8-4-6-14-7-5-10-11(8)9(3-1)12-13-10/h1-3H,4-7H2,(H,12,13). The van der Waals surface area contributed by atoms with Gasteiger partial charge in [0.2, 0.25) is 0 Å². The highest BCUT2D eigenvalue weighted by atomic mass is 16.5. The quantitative estimate of drug-likeness (QED) is 0.683. The molecule has 1 aliphatic rings. The molecule has 1 aromatic heterocycles. The number of hydrogen-bond acceptors (Lipinski definition) is 2. The first-order valence-corrected chi connectivity index (χ1v) is 4.98. The summed E-state index contributed by atoms with van der Waals surface area (Å²) >= 11 is 0. The van der Waals surface area contributed by atoms with Gasteiger partial charge in [-0.15, -0.1) is 0 Å². The van der Waals surface area contributed by atoms with Gasteiger partial charge in [0, 0.05) is 11.8 Å². The smallest absolute Gasteiger partial charge is 0.0726 e. The second-order valence-corrected chi connectivity index (χ2v) is 3.62. The summed E-state index contributed by atoms with van der Waals surface area (Å²) in [4.78, 5) is 0.